The normalized spacial score (nSPS) is 10.4. The lowest BCUT2D eigenvalue weighted by molar-refractivity contribution is 0.0907. The fourth-order valence-corrected chi connectivity index (χ4v) is 1.92. The second-order valence-electron chi connectivity index (χ2n) is 4.47. The summed E-state index contributed by atoms with van der Waals surface area (Å²) in [5.41, 5.74) is 1.65. The SMILES string of the molecule is O=C(NCc1ccc(Cl)cc1)c1nc(-c2ccncc2)no1. The van der Waals surface area contributed by atoms with E-state index in [1.54, 1.807) is 36.7 Å². The van der Waals surface area contributed by atoms with Crippen molar-refractivity contribution in [3.8, 4) is 11.4 Å². The van der Waals surface area contributed by atoms with E-state index in [0.29, 0.717) is 17.4 Å². The average Bonchev–Trinajstić information content (AvgIpc) is 3.05. The predicted molar refractivity (Wildman–Crippen MR) is 80.2 cm³/mol. The molecule has 0 saturated carbocycles. The third kappa shape index (κ3) is 3.29. The number of carbonyl (C=O) groups excluding carboxylic acids is 1. The lowest BCUT2D eigenvalue weighted by atomic mass is 10.2. The van der Waals surface area contributed by atoms with Crippen LogP contribution in [0, 0.1) is 0 Å². The van der Waals surface area contributed by atoms with Crippen molar-refractivity contribution in [1.82, 2.24) is 20.4 Å². The summed E-state index contributed by atoms with van der Waals surface area (Å²) in [6, 6.07) is 10.7. The van der Waals surface area contributed by atoms with Crippen LogP contribution in [0.5, 0.6) is 0 Å². The molecule has 7 heteroatoms. The number of hydrogen-bond acceptors (Lipinski definition) is 5. The van der Waals surface area contributed by atoms with E-state index in [1.807, 2.05) is 12.1 Å². The van der Waals surface area contributed by atoms with Crippen LogP contribution >= 0.6 is 11.6 Å². The van der Waals surface area contributed by atoms with Crippen molar-refractivity contribution in [3.63, 3.8) is 0 Å². The molecule has 2 aromatic heterocycles. The molecule has 110 valence electrons. The average molecular weight is 315 g/mol. The summed E-state index contributed by atoms with van der Waals surface area (Å²) in [5.74, 6) is -0.164. The molecular weight excluding hydrogens is 304 g/mol. The van der Waals surface area contributed by atoms with Gasteiger partial charge in [-0.3, -0.25) is 9.78 Å². The number of amides is 1. The largest absolute Gasteiger partial charge is 0.344 e. The van der Waals surface area contributed by atoms with Crippen LogP contribution in [0.2, 0.25) is 5.02 Å². The van der Waals surface area contributed by atoms with E-state index in [4.69, 9.17) is 16.1 Å². The fraction of sp³-hybridized carbons (Fsp3) is 0.0667. The van der Waals surface area contributed by atoms with Gasteiger partial charge in [-0.15, -0.1) is 0 Å². The first-order chi connectivity index (χ1) is 10.7. The zero-order valence-electron chi connectivity index (χ0n) is 11.4. The third-order valence-electron chi connectivity index (χ3n) is 2.93. The summed E-state index contributed by atoms with van der Waals surface area (Å²) in [5, 5.41) is 7.14. The first kappa shape index (κ1) is 14.2. The van der Waals surface area contributed by atoms with E-state index >= 15 is 0 Å². The topological polar surface area (TPSA) is 80.9 Å². The highest BCUT2D eigenvalue weighted by Crippen LogP contribution is 2.14. The Morgan fingerprint density at radius 3 is 2.59 bits per heavy atom. The molecule has 0 saturated heterocycles. The number of aromatic nitrogens is 3. The first-order valence-corrected chi connectivity index (χ1v) is 6.87. The number of nitrogens with zero attached hydrogens (tertiary/aromatic N) is 3. The number of pyridine rings is 1. The second-order valence-corrected chi connectivity index (χ2v) is 4.90. The van der Waals surface area contributed by atoms with Gasteiger partial charge in [-0.25, -0.2) is 0 Å². The monoisotopic (exact) mass is 314 g/mol. The molecule has 1 aromatic carbocycles. The number of benzene rings is 1. The van der Waals surface area contributed by atoms with Crippen LogP contribution in [0.4, 0.5) is 0 Å². The molecule has 0 fully saturated rings. The van der Waals surface area contributed by atoms with Gasteiger partial charge >= 0.3 is 11.8 Å². The summed E-state index contributed by atoms with van der Waals surface area (Å²) in [6.07, 6.45) is 3.23. The van der Waals surface area contributed by atoms with Gasteiger partial charge in [-0.2, -0.15) is 4.98 Å². The van der Waals surface area contributed by atoms with Crippen molar-refractivity contribution in [2.45, 2.75) is 6.54 Å². The van der Waals surface area contributed by atoms with E-state index in [9.17, 15) is 4.79 Å². The smallest absolute Gasteiger partial charge is 0.316 e. The molecule has 6 nitrogen and oxygen atoms in total. The van der Waals surface area contributed by atoms with Crippen LogP contribution < -0.4 is 5.32 Å². The molecule has 0 bridgehead atoms. The molecule has 0 unspecified atom stereocenters. The van der Waals surface area contributed by atoms with Crippen LogP contribution in [0.3, 0.4) is 0 Å². The Hall–Kier alpha value is -2.73. The molecule has 0 spiro atoms. The van der Waals surface area contributed by atoms with Gasteiger partial charge in [-0.05, 0) is 29.8 Å². The maximum absolute atomic E-state index is 12.0. The minimum Gasteiger partial charge on any atom is -0.344 e. The van der Waals surface area contributed by atoms with Gasteiger partial charge in [0, 0.05) is 29.5 Å². The minimum absolute atomic E-state index is 0.0826. The predicted octanol–water partition coefficient (Wildman–Crippen LogP) is 2.72. The van der Waals surface area contributed by atoms with Crippen LogP contribution in [-0.4, -0.2) is 21.0 Å². The molecule has 0 atom stereocenters. The maximum atomic E-state index is 12.0. The molecular formula is C15H11ClN4O2. The first-order valence-electron chi connectivity index (χ1n) is 6.49. The second kappa shape index (κ2) is 6.36. The number of halogens is 1. The van der Waals surface area contributed by atoms with Gasteiger partial charge in [0.2, 0.25) is 5.82 Å². The molecule has 0 aliphatic heterocycles. The van der Waals surface area contributed by atoms with Gasteiger partial charge in [0.15, 0.2) is 0 Å². The Bertz CT molecular complexity index is 772. The number of rotatable bonds is 4. The highest BCUT2D eigenvalue weighted by Gasteiger charge is 2.15. The summed E-state index contributed by atoms with van der Waals surface area (Å²) < 4.78 is 4.97. The lowest BCUT2D eigenvalue weighted by Crippen LogP contribution is -2.23. The number of hydrogen-bond donors (Lipinski definition) is 1. The highest BCUT2D eigenvalue weighted by molar-refractivity contribution is 6.30. The minimum atomic E-state index is -0.428. The number of nitrogens with one attached hydrogen (secondary N) is 1. The van der Waals surface area contributed by atoms with E-state index in [2.05, 4.69) is 20.4 Å². The van der Waals surface area contributed by atoms with Gasteiger partial charge in [-0.1, -0.05) is 28.9 Å². The van der Waals surface area contributed by atoms with Crippen molar-refractivity contribution in [2.75, 3.05) is 0 Å². The summed E-state index contributed by atoms with van der Waals surface area (Å²) >= 11 is 5.81. The summed E-state index contributed by atoms with van der Waals surface area (Å²) in [7, 11) is 0. The van der Waals surface area contributed by atoms with Crippen LogP contribution in [0.1, 0.15) is 16.2 Å². The van der Waals surface area contributed by atoms with Crippen molar-refractivity contribution >= 4 is 17.5 Å². The fourth-order valence-electron chi connectivity index (χ4n) is 1.79. The van der Waals surface area contributed by atoms with Gasteiger partial charge in [0.05, 0.1) is 0 Å². The molecule has 3 rings (SSSR count). The Labute approximate surface area is 131 Å². The van der Waals surface area contributed by atoms with E-state index in [1.165, 1.54) is 0 Å². The lowest BCUT2D eigenvalue weighted by Gasteiger charge is -2.02. The molecule has 22 heavy (non-hydrogen) atoms. The molecule has 3 aromatic rings. The molecule has 1 amide bonds. The van der Waals surface area contributed by atoms with Crippen LogP contribution in [-0.2, 0) is 6.54 Å². The molecule has 1 N–H and O–H groups in total. The quantitative estimate of drug-likeness (QED) is 0.800. The number of carbonyl (C=O) groups is 1. The Balaban J connectivity index is 1.66. The van der Waals surface area contributed by atoms with Gasteiger partial charge in [0.25, 0.3) is 0 Å². The standard InChI is InChI=1S/C15H11ClN4O2/c16-12-3-1-10(2-4-12)9-18-14(21)15-19-13(20-22-15)11-5-7-17-8-6-11/h1-8H,9H2,(H,18,21). The van der Waals surface area contributed by atoms with E-state index < -0.39 is 5.91 Å². The van der Waals surface area contributed by atoms with Crippen LogP contribution in [0.15, 0.2) is 53.3 Å². The molecule has 0 aliphatic carbocycles. The summed E-state index contributed by atoms with van der Waals surface area (Å²) in [6.45, 7) is 0.350. The van der Waals surface area contributed by atoms with Gasteiger partial charge in [0.1, 0.15) is 0 Å². The van der Waals surface area contributed by atoms with Gasteiger partial charge < -0.3 is 9.84 Å². The van der Waals surface area contributed by atoms with Crippen molar-refractivity contribution in [2.24, 2.45) is 0 Å². The third-order valence-corrected chi connectivity index (χ3v) is 3.18. The Morgan fingerprint density at radius 2 is 1.86 bits per heavy atom. The highest BCUT2D eigenvalue weighted by atomic mass is 35.5. The van der Waals surface area contributed by atoms with Crippen LogP contribution in [0.25, 0.3) is 11.4 Å². The molecule has 2 heterocycles. The zero-order chi connectivity index (χ0) is 15.4. The van der Waals surface area contributed by atoms with E-state index in [-0.39, 0.29) is 5.89 Å². The molecule has 0 radical (unpaired) electrons. The summed E-state index contributed by atoms with van der Waals surface area (Å²) in [4.78, 5) is 20.0. The zero-order valence-corrected chi connectivity index (χ0v) is 12.1. The molecule has 0 aliphatic rings. The van der Waals surface area contributed by atoms with Crippen molar-refractivity contribution in [1.29, 1.82) is 0 Å². The Kier molecular flexibility index (Phi) is 4.11. The van der Waals surface area contributed by atoms with Crippen molar-refractivity contribution < 1.29 is 9.32 Å². The van der Waals surface area contributed by atoms with Crippen molar-refractivity contribution in [3.05, 3.63) is 65.3 Å². The maximum Gasteiger partial charge on any atom is 0.316 e. The Morgan fingerprint density at radius 1 is 1.14 bits per heavy atom. The van der Waals surface area contributed by atoms with E-state index in [0.717, 1.165) is 11.1 Å².